The number of para-hydroxylation sites is 2. The van der Waals surface area contributed by atoms with E-state index in [-0.39, 0.29) is 5.91 Å². The number of imidazole rings is 1. The van der Waals surface area contributed by atoms with E-state index in [9.17, 15) is 4.79 Å². The second-order valence-electron chi connectivity index (χ2n) is 7.84. The Labute approximate surface area is 149 Å². The average Bonchev–Trinajstić information content (AvgIpc) is 3.30. The van der Waals surface area contributed by atoms with Crippen molar-refractivity contribution in [2.75, 3.05) is 19.6 Å². The molecule has 1 saturated heterocycles. The second kappa shape index (κ2) is 6.79. The lowest BCUT2D eigenvalue weighted by Gasteiger charge is -2.32. The first-order chi connectivity index (χ1) is 12.1. The van der Waals surface area contributed by atoms with Gasteiger partial charge in [-0.2, -0.15) is 0 Å². The number of carbonyl (C=O) groups is 1. The van der Waals surface area contributed by atoms with E-state index in [1.165, 1.54) is 11.3 Å². The molecule has 1 atom stereocenters. The van der Waals surface area contributed by atoms with Crippen molar-refractivity contribution in [1.29, 1.82) is 0 Å². The van der Waals surface area contributed by atoms with Crippen LogP contribution in [0, 0.1) is 0 Å². The van der Waals surface area contributed by atoms with E-state index in [2.05, 4.69) is 52.9 Å². The highest BCUT2D eigenvalue weighted by Crippen LogP contribution is 2.31. The Morgan fingerprint density at radius 1 is 1.28 bits per heavy atom. The molecule has 1 aromatic heterocycles. The van der Waals surface area contributed by atoms with Crippen LogP contribution in [0.25, 0.3) is 11.0 Å². The van der Waals surface area contributed by atoms with Crippen molar-refractivity contribution in [3.8, 4) is 0 Å². The Morgan fingerprint density at radius 2 is 2.08 bits per heavy atom. The number of fused-ring (bicyclic) bond motifs is 1. The van der Waals surface area contributed by atoms with Gasteiger partial charge in [-0.15, -0.1) is 0 Å². The van der Waals surface area contributed by atoms with E-state index < -0.39 is 0 Å². The van der Waals surface area contributed by atoms with Gasteiger partial charge in [0.25, 0.3) is 0 Å². The van der Waals surface area contributed by atoms with Crippen LogP contribution in [0.1, 0.15) is 57.3 Å². The molecule has 2 aliphatic rings. The minimum Gasteiger partial charge on any atom is -0.352 e. The maximum absolute atomic E-state index is 12.1. The molecule has 1 aromatic carbocycles. The molecule has 1 saturated carbocycles. The van der Waals surface area contributed by atoms with Crippen LogP contribution < -0.4 is 5.32 Å². The van der Waals surface area contributed by atoms with Gasteiger partial charge in [0, 0.05) is 24.5 Å². The van der Waals surface area contributed by atoms with Gasteiger partial charge in [0.15, 0.2) is 0 Å². The number of hydrogen-bond acceptors (Lipinski definition) is 3. The molecule has 0 bridgehead atoms. The van der Waals surface area contributed by atoms with E-state index in [0.717, 1.165) is 44.3 Å². The van der Waals surface area contributed by atoms with Crippen molar-refractivity contribution >= 4 is 16.9 Å². The monoisotopic (exact) mass is 340 g/mol. The summed E-state index contributed by atoms with van der Waals surface area (Å²) in [6, 6.07) is 9.23. The Hall–Kier alpha value is -1.88. The number of benzene rings is 1. The fourth-order valence-electron chi connectivity index (χ4n) is 4.01. The number of aromatic nitrogens is 2. The van der Waals surface area contributed by atoms with Crippen LogP contribution in [0.5, 0.6) is 0 Å². The zero-order chi connectivity index (χ0) is 17.4. The van der Waals surface area contributed by atoms with Gasteiger partial charge in [-0.05, 0) is 58.2 Å². The molecule has 5 nitrogen and oxygen atoms in total. The van der Waals surface area contributed by atoms with Gasteiger partial charge >= 0.3 is 0 Å². The fourth-order valence-corrected chi connectivity index (χ4v) is 4.01. The standard InChI is InChI=1S/C20H28N4O/c1-14(2)24-18-8-4-3-7-17(18)22-20(24)15-6-5-11-23(12-15)13-19(25)21-16-9-10-16/h3-4,7-8,14-16H,5-6,9-13H2,1-2H3,(H,21,25). The molecule has 1 aliphatic carbocycles. The molecular weight excluding hydrogens is 312 g/mol. The second-order valence-corrected chi connectivity index (χ2v) is 7.84. The number of carbonyl (C=O) groups excluding carboxylic acids is 1. The van der Waals surface area contributed by atoms with Gasteiger partial charge in [-0.1, -0.05) is 12.1 Å². The van der Waals surface area contributed by atoms with Gasteiger partial charge < -0.3 is 9.88 Å². The minimum absolute atomic E-state index is 0.181. The number of likely N-dealkylation sites (tertiary alicyclic amines) is 1. The molecule has 2 aromatic rings. The van der Waals surface area contributed by atoms with Crippen molar-refractivity contribution in [1.82, 2.24) is 19.8 Å². The third-order valence-corrected chi connectivity index (χ3v) is 5.32. The number of piperidine rings is 1. The Bertz CT molecular complexity index is 762. The van der Waals surface area contributed by atoms with E-state index >= 15 is 0 Å². The molecule has 134 valence electrons. The molecular formula is C20H28N4O. The molecule has 2 fully saturated rings. The first-order valence-corrected chi connectivity index (χ1v) is 9.60. The summed E-state index contributed by atoms with van der Waals surface area (Å²) >= 11 is 0. The molecule has 1 aliphatic heterocycles. The van der Waals surface area contributed by atoms with Crippen molar-refractivity contribution in [2.24, 2.45) is 0 Å². The number of rotatable bonds is 5. The SMILES string of the molecule is CC(C)n1c(C2CCCN(CC(=O)NC3CC3)C2)nc2ccccc21. The number of hydrogen-bond donors (Lipinski definition) is 1. The molecule has 5 heteroatoms. The number of nitrogens with one attached hydrogen (secondary N) is 1. The van der Waals surface area contributed by atoms with E-state index in [1.54, 1.807) is 0 Å². The van der Waals surface area contributed by atoms with Crippen LogP contribution in [0.2, 0.25) is 0 Å². The topological polar surface area (TPSA) is 50.2 Å². The van der Waals surface area contributed by atoms with Gasteiger partial charge in [0.2, 0.25) is 5.91 Å². The van der Waals surface area contributed by atoms with Crippen LogP contribution in [0.3, 0.4) is 0 Å². The molecule has 1 N–H and O–H groups in total. The third kappa shape index (κ3) is 3.56. The Morgan fingerprint density at radius 3 is 2.84 bits per heavy atom. The summed E-state index contributed by atoms with van der Waals surface area (Å²) < 4.78 is 2.38. The molecule has 1 amide bonds. The maximum Gasteiger partial charge on any atom is 0.234 e. The molecule has 4 rings (SSSR count). The summed E-state index contributed by atoms with van der Waals surface area (Å²) in [5.74, 6) is 1.77. The van der Waals surface area contributed by atoms with Crippen LogP contribution in [0.4, 0.5) is 0 Å². The minimum atomic E-state index is 0.181. The molecule has 0 spiro atoms. The quantitative estimate of drug-likeness (QED) is 0.910. The summed E-state index contributed by atoms with van der Waals surface area (Å²) in [5, 5.41) is 3.11. The van der Waals surface area contributed by atoms with Crippen LogP contribution >= 0.6 is 0 Å². The fraction of sp³-hybridized carbons (Fsp3) is 0.600. The average molecular weight is 340 g/mol. The van der Waals surface area contributed by atoms with Gasteiger partial charge in [-0.3, -0.25) is 9.69 Å². The molecule has 1 unspecified atom stereocenters. The van der Waals surface area contributed by atoms with Crippen molar-refractivity contribution < 1.29 is 4.79 Å². The molecule has 2 heterocycles. The Kier molecular flexibility index (Phi) is 4.50. The van der Waals surface area contributed by atoms with Gasteiger partial charge in [0.1, 0.15) is 5.82 Å². The van der Waals surface area contributed by atoms with Crippen molar-refractivity contribution in [2.45, 2.75) is 57.5 Å². The van der Waals surface area contributed by atoms with Gasteiger partial charge in [0.05, 0.1) is 17.6 Å². The predicted octanol–water partition coefficient (Wildman–Crippen LogP) is 3.08. The third-order valence-electron chi connectivity index (χ3n) is 5.32. The summed E-state index contributed by atoms with van der Waals surface area (Å²) in [4.78, 5) is 19.4. The zero-order valence-electron chi connectivity index (χ0n) is 15.2. The summed E-state index contributed by atoms with van der Waals surface area (Å²) in [6.07, 6.45) is 4.57. The summed E-state index contributed by atoms with van der Waals surface area (Å²) in [5.41, 5.74) is 2.30. The zero-order valence-corrected chi connectivity index (χ0v) is 15.2. The van der Waals surface area contributed by atoms with E-state index in [0.29, 0.717) is 24.5 Å². The lowest BCUT2D eigenvalue weighted by atomic mass is 9.97. The van der Waals surface area contributed by atoms with Crippen molar-refractivity contribution in [3.05, 3.63) is 30.1 Å². The number of amides is 1. The van der Waals surface area contributed by atoms with E-state index in [4.69, 9.17) is 4.98 Å². The van der Waals surface area contributed by atoms with Crippen LogP contribution in [-0.2, 0) is 4.79 Å². The predicted molar refractivity (Wildman–Crippen MR) is 99.7 cm³/mol. The van der Waals surface area contributed by atoms with Crippen LogP contribution in [-0.4, -0.2) is 46.0 Å². The normalized spacial score (nSPS) is 21.8. The number of nitrogens with zero attached hydrogens (tertiary/aromatic N) is 3. The van der Waals surface area contributed by atoms with E-state index in [1.807, 2.05) is 0 Å². The van der Waals surface area contributed by atoms with Gasteiger partial charge in [-0.25, -0.2) is 4.98 Å². The van der Waals surface area contributed by atoms with Crippen LogP contribution in [0.15, 0.2) is 24.3 Å². The Balaban J connectivity index is 1.53. The smallest absolute Gasteiger partial charge is 0.234 e. The summed E-state index contributed by atoms with van der Waals surface area (Å²) in [7, 11) is 0. The highest BCUT2D eigenvalue weighted by molar-refractivity contribution is 5.78. The first kappa shape index (κ1) is 16.6. The largest absolute Gasteiger partial charge is 0.352 e. The molecule has 0 radical (unpaired) electrons. The highest BCUT2D eigenvalue weighted by atomic mass is 16.2. The maximum atomic E-state index is 12.1. The lowest BCUT2D eigenvalue weighted by Crippen LogP contribution is -2.43. The summed E-state index contributed by atoms with van der Waals surface area (Å²) in [6.45, 7) is 6.90. The molecule has 25 heavy (non-hydrogen) atoms. The lowest BCUT2D eigenvalue weighted by molar-refractivity contribution is -0.122. The highest BCUT2D eigenvalue weighted by Gasteiger charge is 2.29. The first-order valence-electron chi connectivity index (χ1n) is 9.60. The van der Waals surface area contributed by atoms with Crippen molar-refractivity contribution in [3.63, 3.8) is 0 Å².